The number of nitrogens with zero attached hydrogens (tertiary/aromatic N) is 1. The highest BCUT2D eigenvalue weighted by Gasteiger charge is 2.30. The quantitative estimate of drug-likeness (QED) is 0.857. The predicted octanol–water partition coefficient (Wildman–Crippen LogP) is 3.13. The molecule has 1 aromatic rings. The third-order valence-electron chi connectivity index (χ3n) is 2.75. The van der Waals surface area contributed by atoms with Crippen molar-refractivity contribution in [3.05, 3.63) is 16.1 Å². The summed E-state index contributed by atoms with van der Waals surface area (Å²) in [5.41, 5.74) is 1.22. The van der Waals surface area contributed by atoms with Crippen molar-refractivity contribution in [1.82, 2.24) is 9.71 Å². The number of nitrogens with one attached hydrogen (secondary N) is 1. The maximum atomic E-state index is 12.0. The molecule has 0 aromatic carbocycles. The summed E-state index contributed by atoms with van der Waals surface area (Å²) in [6.07, 6.45) is 2.55. The maximum absolute atomic E-state index is 12.0. The highest BCUT2D eigenvalue weighted by molar-refractivity contribution is 7.90. The van der Waals surface area contributed by atoms with Crippen molar-refractivity contribution in [2.45, 2.75) is 57.2 Å². The molecule has 5 heteroatoms. The van der Waals surface area contributed by atoms with Crippen molar-refractivity contribution in [2.24, 2.45) is 0 Å². The number of thiazole rings is 1. The van der Waals surface area contributed by atoms with Crippen LogP contribution in [-0.2, 0) is 11.4 Å². The maximum Gasteiger partial charge on any atom is 0.136 e. The molecule has 0 saturated heterocycles. The van der Waals surface area contributed by atoms with Crippen molar-refractivity contribution in [2.75, 3.05) is 0 Å². The van der Waals surface area contributed by atoms with Crippen LogP contribution in [0.4, 0.5) is 0 Å². The fourth-order valence-corrected chi connectivity index (χ4v) is 3.22. The van der Waals surface area contributed by atoms with Gasteiger partial charge in [-0.3, -0.25) is 0 Å². The van der Waals surface area contributed by atoms with E-state index in [4.69, 9.17) is 0 Å². The fraction of sp³-hybridized carbons (Fsp3) is 0.750. The molecular formula is C12H20N2OS2. The monoisotopic (exact) mass is 272 g/mol. The third kappa shape index (κ3) is 3.44. The fourth-order valence-electron chi connectivity index (χ4n) is 1.45. The van der Waals surface area contributed by atoms with E-state index < -0.39 is 11.4 Å². The second kappa shape index (κ2) is 4.88. The zero-order chi connectivity index (χ0) is 12.6. The summed E-state index contributed by atoms with van der Waals surface area (Å²) in [7, 11) is 0. The molecule has 0 aliphatic heterocycles. The van der Waals surface area contributed by atoms with Crippen molar-refractivity contribution in [3.8, 4) is 0 Å². The Balaban J connectivity index is 1.96. The van der Waals surface area contributed by atoms with Crippen LogP contribution in [0, 0.1) is 0 Å². The Labute approximate surface area is 110 Å². The molecule has 3 nitrogen and oxygen atoms in total. The second-order valence-corrected chi connectivity index (χ2v) is 8.49. The van der Waals surface area contributed by atoms with Gasteiger partial charge < -0.3 is 4.55 Å². The number of hydrogen-bond acceptors (Lipinski definition) is 4. The largest absolute Gasteiger partial charge is 0.598 e. The van der Waals surface area contributed by atoms with E-state index in [1.807, 2.05) is 27.7 Å². The van der Waals surface area contributed by atoms with Gasteiger partial charge in [-0.1, -0.05) is 0 Å². The lowest BCUT2D eigenvalue weighted by molar-refractivity contribution is 0.530. The minimum absolute atomic E-state index is 0.0626. The van der Waals surface area contributed by atoms with Gasteiger partial charge in [0.05, 0.1) is 5.69 Å². The summed E-state index contributed by atoms with van der Waals surface area (Å²) in [5, 5.41) is 3.19. The third-order valence-corrected chi connectivity index (χ3v) is 5.47. The number of rotatable bonds is 4. The molecule has 1 N–H and O–H groups in total. The molecule has 17 heavy (non-hydrogen) atoms. The number of aromatic nitrogens is 1. The topological polar surface area (TPSA) is 48.0 Å². The van der Waals surface area contributed by atoms with Gasteiger partial charge in [0, 0.05) is 22.7 Å². The van der Waals surface area contributed by atoms with Crippen LogP contribution >= 0.6 is 11.3 Å². The molecular weight excluding hydrogens is 252 g/mol. The molecule has 2 rings (SSSR count). The van der Waals surface area contributed by atoms with Crippen molar-refractivity contribution in [1.29, 1.82) is 0 Å². The van der Waals surface area contributed by atoms with Crippen LogP contribution in [-0.4, -0.2) is 14.3 Å². The number of hydrogen-bond donors (Lipinski definition) is 1. The van der Waals surface area contributed by atoms with Crippen molar-refractivity contribution < 1.29 is 4.55 Å². The molecule has 1 aromatic heterocycles. The van der Waals surface area contributed by atoms with Crippen LogP contribution in [0.3, 0.4) is 0 Å². The van der Waals surface area contributed by atoms with Gasteiger partial charge in [0.2, 0.25) is 0 Å². The second-order valence-electron chi connectivity index (χ2n) is 5.61. The zero-order valence-corrected chi connectivity index (χ0v) is 12.5. The SMILES string of the molecule is C[C@@H](N[S+]([O-])C(C)(C)C)c1nc(C2CC2)cs1. The normalized spacial score (nSPS) is 20.3. The average molecular weight is 272 g/mol. The van der Waals surface area contributed by atoms with E-state index in [-0.39, 0.29) is 10.8 Å². The summed E-state index contributed by atoms with van der Waals surface area (Å²) in [6, 6.07) is 0.0626. The van der Waals surface area contributed by atoms with Gasteiger partial charge in [-0.25, -0.2) is 4.98 Å². The van der Waals surface area contributed by atoms with Crippen LogP contribution in [0.25, 0.3) is 0 Å². The van der Waals surface area contributed by atoms with Gasteiger partial charge in [0.25, 0.3) is 0 Å². The van der Waals surface area contributed by atoms with Crippen LogP contribution in [0.15, 0.2) is 5.38 Å². The summed E-state index contributed by atoms with van der Waals surface area (Å²) in [4.78, 5) is 4.63. The highest BCUT2D eigenvalue weighted by atomic mass is 32.2. The van der Waals surface area contributed by atoms with E-state index in [0.717, 1.165) is 5.01 Å². The Bertz CT molecular complexity index is 382. The van der Waals surface area contributed by atoms with Gasteiger partial charge in [-0.15, -0.1) is 16.1 Å². The first-order valence-electron chi connectivity index (χ1n) is 6.01. The standard InChI is InChI=1S/C12H20N2OS2/c1-8(14-17(15)12(2,3)4)11-13-10(7-16-11)9-5-6-9/h7-9,14H,5-6H2,1-4H3/t8-,17?/m1/s1. The van der Waals surface area contributed by atoms with Gasteiger partial charge in [0.15, 0.2) is 0 Å². The smallest absolute Gasteiger partial charge is 0.136 e. The van der Waals surface area contributed by atoms with Gasteiger partial charge in [0.1, 0.15) is 15.8 Å². The van der Waals surface area contributed by atoms with Crippen molar-refractivity contribution in [3.63, 3.8) is 0 Å². The minimum atomic E-state index is -1.04. The summed E-state index contributed by atoms with van der Waals surface area (Å²) >= 11 is 0.633. The average Bonchev–Trinajstić information content (AvgIpc) is 2.95. The lowest BCUT2D eigenvalue weighted by Gasteiger charge is -2.25. The molecule has 1 aliphatic rings. The van der Waals surface area contributed by atoms with Gasteiger partial charge in [-0.05, 0) is 40.5 Å². The zero-order valence-electron chi connectivity index (χ0n) is 10.8. The first-order chi connectivity index (χ1) is 7.88. The van der Waals surface area contributed by atoms with Gasteiger partial charge >= 0.3 is 0 Å². The molecule has 2 atom stereocenters. The molecule has 0 spiro atoms. The van der Waals surface area contributed by atoms with E-state index in [2.05, 4.69) is 15.1 Å². The Morgan fingerprint density at radius 3 is 2.71 bits per heavy atom. The Morgan fingerprint density at radius 2 is 2.18 bits per heavy atom. The van der Waals surface area contributed by atoms with Crippen LogP contribution in [0.1, 0.15) is 63.2 Å². The lowest BCUT2D eigenvalue weighted by atomic mass is 10.3. The van der Waals surface area contributed by atoms with Crippen molar-refractivity contribution >= 4 is 22.7 Å². The van der Waals surface area contributed by atoms with Crippen LogP contribution < -0.4 is 4.72 Å². The lowest BCUT2D eigenvalue weighted by Crippen LogP contribution is -2.40. The van der Waals surface area contributed by atoms with Crippen LogP contribution in [0.5, 0.6) is 0 Å². The molecule has 1 fully saturated rings. The van der Waals surface area contributed by atoms with E-state index in [9.17, 15) is 4.55 Å². The molecule has 96 valence electrons. The molecule has 0 amide bonds. The molecule has 0 bridgehead atoms. The molecule has 1 heterocycles. The van der Waals surface area contributed by atoms with E-state index in [1.54, 1.807) is 11.3 Å². The van der Waals surface area contributed by atoms with Crippen LogP contribution in [0.2, 0.25) is 0 Å². The molecule has 0 radical (unpaired) electrons. The van der Waals surface area contributed by atoms with Gasteiger partial charge in [-0.2, -0.15) is 0 Å². The highest BCUT2D eigenvalue weighted by Crippen LogP contribution is 2.40. The first kappa shape index (κ1) is 13.3. The Kier molecular flexibility index (Phi) is 3.83. The first-order valence-corrected chi connectivity index (χ1v) is 8.04. The summed E-state index contributed by atoms with van der Waals surface area (Å²) in [5.74, 6) is 0.695. The van der Waals surface area contributed by atoms with E-state index in [0.29, 0.717) is 5.92 Å². The minimum Gasteiger partial charge on any atom is -0.598 e. The van der Waals surface area contributed by atoms with E-state index in [1.165, 1.54) is 18.5 Å². The predicted molar refractivity (Wildman–Crippen MR) is 73.5 cm³/mol. The molecule has 1 aliphatic carbocycles. The van der Waals surface area contributed by atoms with E-state index >= 15 is 0 Å². The Morgan fingerprint density at radius 1 is 1.53 bits per heavy atom. The molecule has 1 unspecified atom stereocenters. The Hall–Kier alpha value is -0.100. The summed E-state index contributed by atoms with van der Waals surface area (Å²) < 4.78 is 14.9. The summed E-state index contributed by atoms with van der Waals surface area (Å²) in [6.45, 7) is 7.94. The molecule has 1 saturated carbocycles.